The van der Waals surface area contributed by atoms with Crippen LogP contribution in [0.5, 0.6) is 0 Å². The summed E-state index contributed by atoms with van der Waals surface area (Å²) in [7, 11) is 0. The van der Waals surface area contributed by atoms with Crippen LogP contribution in [0.1, 0.15) is 71.2 Å². The number of aryl methyl sites for hydroxylation is 1. The lowest BCUT2D eigenvalue weighted by Gasteiger charge is -2.34. The maximum atomic E-state index is 2.62. The van der Waals surface area contributed by atoms with Crippen LogP contribution in [-0.4, -0.2) is 0 Å². The van der Waals surface area contributed by atoms with Crippen molar-refractivity contribution >= 4 is 17.1 Å². The fraction of sp³-hybridized carbons (Fsp3) is 0.129. The van der Waals surface area contributed by atoms with Crippen LogP contribution >= 0.6 is 0 Å². The summed E-state index contributed by atoms with van der Waals surface area (Å²) in [6, 6.07) is 76.2. The molecular weight excluding hydrogens is 759 g/mol. The fourth-order valence-corrected chi connectivity index (χ4v) is 12.3. The highest BCUT2D eigenvalue weighted by Crippen LogP contribution is 2.64. The highest BCUT2D eigenvalue weighted by atomic mass is 15.1. The van der Waals surface area contributed by atoms with Crippen LogP contribution < -0.4 is 4.90 Å². The highest BCUT2D eigenvalue weighted by Gasteiger charge is 2.52. The molecule has 0 aliphatic heterocycles. The van der Waals surface area contributed by atoms with Crippen molar-refractivity contribution in [3.8, 4) is 55.6 Å². The Balaban J connectivity index is 1.14. The minimum absolute atomic E-state index is 0.146. The normalized spacial score (nSPS) is 15.1. The Morgan fingerprint density at radius 3 is 1.56 bits per heavy atom. The Morgan fingerprint density at radius 1 is 0.349 bits per heavy atom. The fourth-order valence-electron chi connectivity index (χ4n) is 12.3. The van der Waals surface area contributed by atoms with Gasteiger partial charge in [-0.1, -0.05) is 178 Å². The molecule has 0 saturated heterocycles. The van der Waals surface area contributed by atoms with E-state index in [0.29, 0.717) is 0 Å². The number of benzene rings is 9. The number of hydrogen-bond acceptors (Lipinski definition) is 1. The van der Waals surface area contributed by atoms with E-state index in [4.69, 9.17) is 0 Å². The lowest BCUT2D eigenvalue weighted by atomic mass is 9.70. The van der Waals surface area contributed by atoms with Gasteiger partial charge < -0.3 is 4.90 Å². The van der Waals surface area contributed by atoms with Crippen molar-refractivity contribution in [2.75, 3.05) is 4.90 Å². The Hall–Kier alpha value is -7.22. The van der Waals surface area contributed by atoms with Crippen molar-refractivity contribution in [2.45, 2.75) is 50.4 Å². The van der Waals surface area contributed by atoms with E-state index >= 15 is 0 Å². The summed E-state index contributed by atoms with van der Waals surface area (Å²) in [6.45, 7) is 4.79. The lowest BCUT2D eigenvalue weighted by Crippen LogP contribution is -2.26. The van der Waals surface area contributed by atoms with Crippen LogP contribution in [0.25, 0.3) is 55.6 Å². The van der Waals surface area contributed by atoms with Crippen LogP contribution in [0.4, 0.5) is 17.1 Å². The summed E-state index contributed by atoms with van der Waals surface area (Å²) in [4.78, 5) is 2.59. The van der Waals surface area contributed by atoms with Gasteiger partial charge in [-0.25, -0.2) is 0 Å². The van der Waals surface area contributed by atoms with E-state index in [0.717, 1.165) is 18.5 Å². The van der Waals surface area contributed by atoms with E-state index in [-0.39, 0.29) is 5.41 Å². The molecule has 9 aromatic rings. The van der Waals surface area contributed by atoms with E-state index in [1.54, 1.807) is 0 Å². The smallest absolute Gasteiger partial charge is 0.0726 e. The van der Waals surface area contributed by atoms with Crippen LogP contribution in [0, 0.1) is 0 Å². The molecule has 4 aliphatic rings. The number of anilines is 3. The molecular formula is C62H47N. The van der Waals surface area contributed by atoms with Gasteiger partial charge in [0.2, 0.25) is 0 Å². The van der Waals surface area contributed by atoms with Gasteiger partial charge in [-0.15, -0.1) is 0 Å². The molecule has 9 aromatic carbocycles. The van der Waals surface area contributed by atoms with Gasteiger partial charge in [0.15, 0.2) is 0 Å². The van der Waals surface area contributed by atoms with Crippen molar-refractivity contribution in [3.05, 3.63) is 245 Å². The van der Waals surface area contributed by atoms with E-state index in [9.17, 15) is 0 Å². The lowest BCUT2D eigenvalue weighted by molar-refractivity contribution is 0.660. The summed E-state index contributed by atoms with van der Waals surface area (Å²) in [5.41, 5.74) is 27.2. The summed E-state index contributed by atoms with van der Waals surface area (Å²) >= 11 is 0. The predicted octanol–water partition coefficient (Wildman–Crippen LogP) is 16.0. The van der Waals surface area contributed by atoms with E-state index in [1.807, 2.05) is 0 Å². The molecule has 0 amide bonds. The minimum Gasteiger partial charge on any atom is -0.310 e. The molecule has 0 atom stereocenters. The van der Waals surface area contributed by atoms with Gasteiger partial charge in [0.25, 0.3) is 0 Å². The number of nitrogens with zero attached hydrogens (tertiary/aromatic N) is 1. The zero-order valence-electron chi connectivity index (χ0n) is 35.8. The molecule has 0 saturated carbocycles. The third-order valence-corrected chi connectivity index (χ3v) is 15.1. The van der Waals surface area contributed by atoms with Gasteiger partial charge in [0.1, 0.15) is 0 Å². The molecule has 0 N–H and O–H groups in total. The first-order valence-electron chi connectivity index (χ1n) is 22.8. The summed E-state index contributed by atoms with van der Waals surface area (Å²) < 4.78 is 0. The van der Waals surface area contributed by atoms with Gasteiger partial charge in [-0.2, -0.15) is 0 Å². The Kier molecular flexibility index (Phi) is 7.89. The second-order valence-electron chi connectivity index (χ2n) is 18.6. The largest absolute Gasteiger partial charge is 0.310 e. The SMILES string of the molecule is CC1(C)c2ccccc2-c2ccc(N(c3ccc(-c4ccccc4)cc3)c3cc4c(cc3-c3cccc5c3CCCC5)-c3ccccc3C43c4ccccc4-c4ccccc43)cc21. The molecule has 0 heterocycles. The maximum Gasteiger partial charge on any atom is 0.0726 e. The molecule has 0 unspecified atom stereocenters. The summed E-state index contributed by atoms with van der Waals surface area (Å²) in [5.74, 6) is 0. The Morgan fingerprint density at radius 2 is 0.873 bits per heavy atom. The predicted molar refractivity (Wildman–Crippen MR) is 263 cm³/mol. The average molecular weight is 806 g/mol. The van der Waals surface area contributed by atoms with Crippen molar-refractivity contribution in [1.82, 2.24) is 0 Å². The molecule has 13 rings (SSSR count). The van der Waals surface area contributed by atoms with Crippen molar-refractivity contribution in [1.29, 1.82) is 0 Å². The van der Waals surface area contributed by atoms with Crippen LogP contribution in [0.15, 0.2) is 200 Å². The van der Waals surface area contributed by atoms with Crippen LogP contribution in [0.2, 0.25) is 0 Å². The van der Waals surface area contributed by atoms with Gasteiger partial charge in [0.05, 0.1) is 11.1 Å². The number of hydrogen-bond donors (Lipinski definition) is 0. The van der Waals surface area contributed by atoms with Gasteiger partial charge in [0, 0.05) is 22.4 Å². The highest BCUT2D eigenvalue weighted by molar-refractivity contribution is 6.01. The minimum atomic E-state index is -0.465. The molecule has 1 nitrogen and oxygen atoms in total. The molecule has 63 heavy (non-hydrogen) atoms. The van der Waals surface area contributed by atoms with E-state index < -0.39 is 5.41 Å². The molecule has 0 aromatic heterocycles. The van der Waals surface area contributed by atoms with Crippen molar-refractivity contribution in [2.24, 2.45) is 0 Å². The van der Waals surface area contributed by atoms with Crippen LogP contribution in [0.3, 0.4) is 0 Å². The molecule has 1 spiro atoms. The third kappa shape index (κ3) is 5.11. The van der Waals surface area contributed by atoms with Crippen molar-refractivity contribution < 1.29 is 0 Å². The van der Waals surface area contributed by atoms with E-state index in [1.165, 1.54) is 124 Å². The monoisotopic (exact) mass is 805 g/mol. The zero-order valence-corrected chi connectivity index (χ0v) is 35.8. The number of rotatable bonds is 5. The standard InChI is InChI=1S/C62H47N/c1-61(2)54-27-12-8-22-47(54)51-36-35-44(37-58(51)61)63(43-33-31-41(32-34-43)40-17-4-3-5-18-40)60-39-59-52(38-53(60)46-26-16-20-42-19-6-7-21-45(42)46)50-25-11-15-30-57(50)62(59)55-28-13-9-23-48(55)49-24-10-14-29-56(49)62/h3-5,8-18,20,22-39H,6-7,19,21H2,1-2H3. The van der Waals surface area contributed by atoms with Crippen molar-refractivity contribution in [3.63, 3.8) is 0 Å². The second kappa shape index (κ2) is 13.6. The first kappa shape index (κ1) is 36.4. The molecule has 0 bridgehead atoms. The Bertz CT molecular complexity index is 3270. The first-order chi connectivity index (χ1) is 31.0. The first-order valence-corrected chi connectivity index (χ1v) is 22.8. The molecule has 300 valence electrons. The average Bonchev–Trinajstić information content (AvgIpc) is 3.90. The Labute approximate surface area is 371 Å². The third-order valence-electron chi connectivity index (χ3n) is 15.1. The zero-order chi connectivity index (χ0) is 41.9. The quantitative estimate of drug-likeness (QED) is 0.167. The van der Waals surface area contributed by atoms with E-state index in [2.05, 4.69) is 219 Å². The second-order valence-corrected chi connectivity index (χ2v) is 18.6. The molecule has 1 heteroatoms. The number of fused-ring (bicyclic) bond motifs is 14. The topological polar surface area (TPSA) is 3.24 Å². The molecule has 0 fully saturated rings. The summed E-state index contributed by atoms with van der Waals surface area (Å²) in [5, 5.41) is 0. The molecule has 0 radical (unpaired) electrons. The maximum absolute atomic E-state index is 2.62. The van der Waals surface area contributed by atoms with Gasteiger partial charge >= 0.3 is 0 Å². The summed E-state index contributed by atoms with van der Waals surface area (Å²) in [6.07, 6.45) is 4.69. The van der Waals surface area contributed by atoms with Gasteiger partial charge in [-0.05, 0) is 157 Å². The van der Waals surface area contributed by atoms with Gasteiger partial charge in [-0.3, -0.25) is 0 Å². The van der Waals surface area contributed by atoms with Crippen LogP contribution in [-0.2, 0) is 23.7 Å². The molecule has 4 aliphatic carbocycles.